The van der Waals surface area contributed by atoms with Gasteiger partial charge >= 0.3 is 6.18 Å². The van der Waals surface area contributed by atoms with Crippen molar-refractivity contribution in [1.29, 1.82) is 0 Å². The van der Waals surface area contributed by atoms with Crippen molar-refractivity contribution in [1.82, 2.24) is 15.4 Å². The summed E-state index contributed by atoms with van der Waals surface area (Å²) >= 11 is 0. The van der Waals surface area contributed by atoms with Crippen LogP contribution in [-0.2, 0) is 0 Å². The highest BCUT2D eigenvalue weighted by Gasteiger charge is 2.33. The number of halogens is 3. The van der Waals surface area contributed by atoms with Crippen molar-refractivity contribution in [3.63, 3.8) is 0 Å². The smallest absolute Gasteiger partial charge is 0.364 e. The molecule has 0 bridgehead atoms. The van der Waals surface area contributed by atoms with E-state index in [0.29, 0.717) is 19.4 Å². The lowest BCUT2D eigenvalue weighted by molar-refractivity contribution is -0.148. The van der Waals surface area contributed by atoms with Gasteiger partial charge in [-0.1, -0.05) is 5.16 Å². The van der Waals surface area contributed by atoms with Gasteiger partial charge in [0.2, 0.25) is 0 Å². The summed E-state index contributed by atoms with van der Waals surface area (Å²) < 4.78 is 41.4. The molecule has 1 unspecified atom stereocenters. The number of aromatic nitrogens is 1. The van der Waals surface area contributed by atoms with Crippen molar-refractivity contribution in [3.05, 3.63) is 18.0 Å². The monoisotopic (exact) mass is 277 g/mol. The average Bonchev–Trinajstić information content (AvgIpc) is 2.80. The first kappa shape index (κ1) is 13.9. The Morgan fingerprint density at radius 1 is 1.58 bits per heavy atom. The largest absolute Gasteiger partial charge is 0.401 e. The molecule has 1 amide bonds. The predicted octanol–water partition coefficient (Wildman–Crippen LogP) is 1.43. The predicted molar refractivity (Wildman–Crippen MR) is 59.5 cm³/mol. The molecule has 1 aromatic heterocycles. The van der Waals surface area contributed by atoms with Crippen LogP contribution in [0.1, 0.15) is 23.3 Å². The Balaban J connectivity index is 1.86. The summed E-state index contributed by atoms with van der Waals surface area (Å²) in [6, 6.07) is 1.12. The van der Waals surface area contributed by atoms with E-state index in [1.54, 1.807) is 0 Å². The van der Waals surface area contributed by atoms with Gasteiger partial charge in [-0.25, -0.2) is 0 Å². The van der Waals surface area contributed by atoms with E-state index in [4.69, 9.17) is 0 Å². The third-order valence-corrected chi connectivity index (χ3v) is 2.91. The first-order valence-electron chi connectivity index (χ1n) is 5.94. The molecule has 106 valence electrons. The van der Waals surface area contributed by atoms with Gasteiger partial charge in [-0.15, -0.1) is 0 Å². The van der Waals surface area contributed by atoms with Gasteiger partial charge in [0.25, 0.3) is 5.91 Å². The summed E-state index contributed by atoms with van der Waals surface area (Å²) in [5.74, 6) is -0.424. The van der Waals surface area contributed by atoms with Crippen molar-refractivity contribution >= 4 is 5.91 Å². The lowest BCUT2D eigenvalue weighted by atomic mass is 10.1. The fourth-order valence-electron chi connectivity index (χ4n) is 2.16. The van der Waals surface area contributed by atoms with Crippen LogP contribution in [0, 0.1) is 0 Å². The molecular weight excluding hydrogens is 263 g/mol. The number of nitrogens with one attached hydrogen (secondary N) is 1. The van der Waals surface area contributed by atoms with E-state index in [0.717, 1.165) is 0 Å². The maximum Gasteiger partial charge on any atom is 0.401 e. The van der Waals surface area contributed by atoms with Crippen molar-refractivity contribution < 1.29 is 22.5 Å². The van der Waals surface area contributed by atoms with E-state index in [2.05, 4.69) is 15.0 Å². The zero-order valence-electron chi connectivity index (χ0n) is 10.1. The van der Waals surface area contributed by atoms with E-state index in [1.165, 1.54) is 17.2 Å². The third-order valence-electron chi connectivity index (χ3n) is 2.91. The zero-order chi connectivity index (χ0) is 13.9. The number of carbonyl (C=O) groups is 1. The van der Waals surface area contributed by atoms with E-state index >= 15 is 0 Å². The third kappa shape index (κ3) is 4.23. The molecule has 0 radical (unpaired) electrons. The van der Waals surface area contributed by atoms with Gasteiger partial charge in [0, 0.05) is 18.7 Å². The summed E-state index contributed by atoms with van der Waals surface area (Å²) in [5.41, 5.74) is 0.132. The molecule has 0 aromatic carbocycles. The first-order chi connectivity index (χ1) is 8.94. The molecule has 0 spiro atoms. The highest BCUT2D eigenvalue weighted by Crippen LogP contribution is 2.19. The van der Waals surface area contributed by atoms with Crippen LogP contribution in [0.4, 0.5) is 13.2 Å². The van der Waals surface area contributed by atoms with Gasteiger partial charge in [-0.05, 0) is 19.4 Å². The SMILES string of the molecule is O=C(NC1CCCN(CC(F)(F)F)C1)c1ccon1. The van der Waals surface area contributed by atoms with E-state index in [1.807, 2.05) is 0 Å². The molecule has 5 nitrogen and oxygen atoms in total. The summed E-state index contributed by atoms with van der Waals surface area (Å²) in [7, 11) is 0. The zero-order valence-corrected chi connectivity index (χ0v) is 10.1. The average molecular weight is 277 g/mol. The second-order valence-electron chi connectivity index (χ2n) is 4.55. The summed E-state index contributed by atoms with van der Waals surface area (Å²) in [6.07, 6.45) is -1.65. The molecule has 1 saturated heterocycles. The maximum atomic E-state index is 12.3. The second kappa shape index (κ2) is 5.60. The maximum absolute atomic E-state index is 12.3. The number of hydrogen-bond acceptors (Lipinski definition) is 4. The molecule has 0 aliphatic carbocycles. The summed E-state index contributed by atoms with van der Waals surface area (Å²) in [5, 5.41) is 6.15. The van der Waals surface area contributed by atoms with Gasteiger partial charge < -0.3 is 9.84 Å². The molecule has 2 heterocycles. The second-order valence-corrected chi connectivity index (χ2v) is 4.55. The van der Waals surface area contributed by atoms with Gasteiger partial charge in [0.1, 0.15) is 6.26 Å². The van der Waals surface area contributed by atoms with Crippen LogP contribution < -0.4 is 5.32 Å². The minimum absolute atomic E-state index is 0.132. The highest BCUT2D eigenvalue weighted by molar-refractivity contribution is 5.92. The first-order valence-corrected chi connectivity index (χ1v) is 5.94. The van der Waals surface area contributed by atoms with Gasteiger partial charge in [0.15, 0.2) is 5.69 Å². The van der Waals surface area contributed by atoms with Crippen LogP contribution in [0.25, 0.3) is 0 Å². The Labute approximate surface area is 107 Å². The number of piperidine rings is 1. The normalized spacial score (nSPS) is 21.3. The molecule has 0 saturated carbocycles. The highest BCUT2D eigenvalue weighted by atomic mass is 19.4. The minimum Gasteiger partial charge on any atom is -0.364 e. The minimum atomic E-state index is -4.21. The van der Waals surface area contributed by atoms with E-state index < -0.39 is 18.6 Å². The van der Waals surface area contributed by atoms with Crippen LogP contribution in [0.3, 0.4) is 0 Å². The quantitative estimate of drug-likeness (QED) is 0.908. The number of likely N-dealkylation sites (tertiary alicyclic amines) is 1. The van der Waals surface area contributed by atoms with Crippen LogP contribution >= 0.6 is 0 Å². The Bertz CT molecular complexity index is 419. The van der Waals surface area contributed by atoms with Crippen LogP contribution in [0.5, 0.6) is 0 Å². The molecule has 19 heavy (non-hydrogen) atoms. The van der Waals surface area contributed by atoms with Crippen LogP contribution in [-0.4, -0.2) is 47.8 Å². The van der Waals surface area contributed by atoms with Gasteiger partial charge in [-0.2, -0.15) is 13.2 Å². The summed E-state index contributed by atoms with van der Waals surface area (Å²) in [6.45, 7) is -0.345. The molecule has 1 aliphatic heterocycles. The van der Waals surface area contributed by atoms with E-state index in [-0.39, 0.29) is 18.3 Å². The molecule has 2 rings (SSSR count). The number of amides is 1. The molecule has 1 fully saturated rings. The number of carbonyl (C=O) groups excluding carboxylic acids is 1. The number of hydrogen-bond donors (Lipinski definition) is 1. The fourth-order valence-corrected chi connectivity index (χ4v) is 2.16. The Morgan fingerprint density at radius 2 is 2.37 bits per heavy atom. The lowest BCUT2D eigenvalue weighted by Crippen LogP contribution is -2.50. The fraction of sp³-hybridized carbons (Fsp3) is 0.636. The molecular formula is C11H14F3N3O2. The number of rotatable bonds is 3. The van der Waals surface area contributed by atoms with Crippen molar-refractivity contribution in [2.24, 2.45) is 0 Å². The molecule has 1 aromatic rings. The van der Waals surface area contributed by atoms with E-state index in [9.17, 15) is 18.0 Å². The van der Waals surface area contributed by atoms with Gasteiger partial charge in [-0.3, -0.25) is 9.69 Å². The van der Waals surface area contributed by atoms with Crippen LogP contribution in [0.15, 0.2) is 16.9 Å². The van der Waals surface area contributed by atoms with Crippen molar-refractivity contribution in [3.8, 4) is 0 Å². The molecule has 8 heteroatoms. The summed E-state index contributed by atoms with van der Waals surface area (Å²) in [4.78, 5) is 13.0. The standard InChI is InChI=1S/C11H14F3N3O2/c12-11(13,14)7-17-4-1-2-8(6-17)15-10(18)9-3-5-19-16-9/h3,5,8H,1-2,4,6-7H2,(H,15,18). The number of nitrogens with zero attached hydrogens (tertiary/aromatic N) is 2. The Kier molecular flexibility index (Phi) is 4.08. The molecule has 1 aliphatic rings. The van der Waals surface area contributed by atoms with Crippen molar-refractivity contribution in [2.45, 2.75) is 25.1 Å². The Morgan fingerprint density at radius 3 is 3.00 bits per heavy atom. The topological polar surface area (TPSA) is 58.4 Å². The van der Waals surface area contributed by atoms with Gasteiger partial charge in [0.05, 0.1) is 6.54 Å². The lowest BCUT2D eigenvalue weighted by Gasteiger charge is -2.33. The van der Waals surface area contributed by atoms with Crippen LogP contribution in [0.2, 0.25) is 0 Å². The molecule has 1 N–H and O–H groups in total. The Hall–Kier alpha value is -1.57. The van der Waals surface area contributed by atoms with Crippen molar-refractivity contribution in [2.75, 3.05) is 19.6 Å². The molecule has 1 atom stereocenters. The number of alkyl halides is 3.